The Kier molecular flexibility index (Phi) is 6.17. The van der Waals surface area contributed by atoms with Gasteiger partial charge in [-0.1, -0.05) is 60.7 Å². The van der Waals surface area contributed by atoms with Crippen molar-refractivity contribution < 1.29 is 4.79 Å². The summed E-state index contributed by atoms with van der Waals surface area (Å²) in [4.78, 5) is 21.3. The van der Waals surface area contributed by atoms with Crippen LogP contribution in [-0.4, -0.2) is 10.8 Å². The molecule has 0 fully saturated rings. The van der Waals surface area contributed by atoms with Gasteiger partial charge in [-0.25, -0.2) is 4.98 Å². The number of hydrogen-bond acceptors (Lipinski definition) is 6. The summed E-state index contributed by atoms with van der Waals surface area (Å²) in [5.74, 6) is 0.571. The van der Waals surface area contributed by atoms with Crippen molar-refractivity contribution in [3.63, 3.8) is 0 Å². The third kappa shape index (κ3) is 4.24. The van der Waals surface area contributed by atoms with Gasteiger partial charge in [-0.3, -0.25) is 9.69 Å². The number of nitriles is 2. The van der Waals surface area contributed by atoms with Crippen LogP contribution >= 0.6 is 11.3 Å². The van der Waals surface area contributed by atoms with Crippen molar-refractivity contribution in [2.24, 2.45) is 0 Å². The maximum atomic E-state index is 13.8. The summed E-state index contributed by atoms with van der Waals surface area (Å²) in [6.07, 6.45) is 3.56. The van der Waals surface area contributed by atoms with Crippen molar-refractivity contribution >= 4 is 66.8 Å². The number of pyridine rings is 1. The number of benzene rings is 4. The van der Waals surface area contributed by atoms with Crippen LogP contribution in [0.5, 0.6) is 0 Å². The molecule has 6 heteroatoms. The molecular weight excluding hydrogens is 536 g/mol. The van der Waals surface area contributed by atoms with E-state index in [-0.39, 0.29) is 11.4 Å². The first-order valence-electron chi connectivity index (χ1n) is 13.3. The monoisotopic (exact) mass is 556 g/mol. The number of allylic oxidation sites excluding steroid dienone is 3. The first-order chi connectivity index (χ1) is 20.6. The minimum Gasteiger partial charge on any atom is -0.289 e. The molecule has 2 aromatic heterocycles. The minimum atomic E-state index is -0.195. The van der Waals surface area contributed by atoms with Gasteiger partial charge in [0.05, 0.1) is 0 Å². The number of fused-ring (bicyclic) bond motifs is 3. The zero-order valence-corrected chi connectivity index (χ0v) is 23.0. The third-order valence-corrected chi connectivity index (χ3v) is 8.39. The Morgan fingerprint density at radius 2 is 1.40 bits per heavy atom. The molecule has 4 aromatic carbocycles. The number of nitrogens with zero attached hydrogens (tertiary/aromatic N) is 4. The molecule has 0 unspecified atom stereocenters. The Morgan fingerprint density at radius 3 is 2.10 bits per heavy atom. The highest BCUT2D eigenvalue weighted by Gasteiger charge is 2.33. The number of ketones is 1. The van der Waals surface area contributed by atoms with Gasteiger partial charge in [0.2, 0.25) is 0 Å². The first kappa shape index (κ1) is 25.2. The van der Waals surface area contributed by atoms with Crippen LogP contribution in [-0.2, 0) is 0 Å². The normalized spacial score (nSPS) is 13.2. The molecule has 196 valence electrons. The average molecular weight is 557 g/mol. The number of anilines is 3. The number of aromatic nitrogens is 1. The fraction of sp³-hybridized carbons (Fsp3) is 0. The van der Waals surface area contributed by atoms with Crippen LogP contribution in [0.4, 0.5) is 16.5 Å². The Balaban J connectivity index is 1.36. The summed E-state index contributed by atoms with van der Waals surface area (Å²) in [6, 6.07) is 39.8. The molecule has 0 saturated carbocycles. The molecule has 0 bridgehead atoms. The second-order valence-corrected chi connectivity index (χ2v) is 10.9. The van der Waals surface area contributed by atoms with Crippen LogP contribution in [0.25, 0.3) is 33.2 Å². The summed E-state index contributed by atoms with van der Waals surface area (Å²) < 4.78 is 0. The van der Waals surface area contributed by atoms with Crippen molar-refractivity contribution in [3.05, 3.63) is 143 Å². The van der Waals surface area contributed by atoms with Crippen molar-refractivity contribution in [2.45, 2.75) is 0 Å². The Hall–Kier alpha value is -5.82. The van der Waals surface area contributed by atoms with Gasteiger partial charge in [0.25, 0.3) is 0 Å². The van der Waals surface area contributed by atoms with Crippen LogP contribution in [0, 0.1) is 22.7 Å². The zero-order chi connectivity index (χ0) is 28.6. The van der Waals surface area contributed by atoms with E-state index >= 15 is 0 Å². The van der Waals surface area contributed by atoms with Crippen molar-refractivity contribution in [3.8, 4) is 12.1 Å². The van der Waals surface area contributed by atoms with Gasteiger partial charge in [-0.05, 0) is 81.7 Å². The lowest BCUT2D eigenvalue weighted by Crippen LogP contribution is -2.09. The predicted octanol–water partition coefficient (Wildman–Crippen LogP) is 9.00. The Morgan fingerprint density at radius 1 is 0.738 bits per heavy atom. The molecular formula is C36H20N4OS. The van der Waals surface area contributed by atoms with Crippen molar-refractivity contribution in [2.75, 3.05) is 4.90 Å². The van der Waals surface area contributed by atoms with Gasteiger partial charge in [-0.2, -0.15) is 10.5 Å². The highest BCUT2D eigenvalue weighted by atomic mass is 32.1. The van der Waals surface area contributed by atoms with Crippen LogP contribution in [0.3, 0.4) is 0 Å². The van der Waals surface area contributed by atoms with E-state index < -0.39 is 0 Å². The van der Waals surface area contributed by atoms with Gasteiger partial charge in [0.1, 0.15) is 28.5 Å². The summed E-state index contributed by atoms with van der Waals surface area (Å²) in [7, 11) is 0. The van der Waals surface area contributed by atoms with Crippen LogP contribution < -0.4 is 4.90 Å². The van der Waals surface area contributed by atoms with Gasteiger partial charge in [-0.15, -0.1) is 11.3 Å². The molecule has 6 aromatic rings. The molecule has 1 aliphatic rings. The molecule has 7 rings (SSSR count). The van der Waals surface area contributed by atoms with E-state index in [1.54, 1.807) is 12.3 Å². The molecule has 0 radical (unpaired) electrons. The van der Waals surface area contributed by atoms with Crippen LogP contribution in [0.1, 0.15) is 20.8 Å². The largest absolute Gasteiger partial charge is 0.289 e. The molecule has 0 saturated heterocycles. The van der Waals surface area contributed by atoms with E-state index in [9.17, 15) is 15.3 Å². The fourth-order valence-corrected chi connectivity index (χ4v) is 6.42. The second kappa shape index (κ2) is 10.3. The molecule has 2 heterocycles. The quantitative estimate of drug-likeness (QED) is 0.160. The average Bonchev–Trinajstić information content (AvgIpc) is 3.60. The first-order valence-corrected chi connectivity index (χ1v) is 14.1. The third-order valence-electron chi connectivity index (χ3n) is 7.38. The van der Waals surface area contributed by atoms with Gasteiger partial charge in [0.15, 0.2) is 5.78 Å². The second-order valence-electron chi connectivity index (χ2n) is 9.84. The van der Waals surface area contributed by atoms with Crippen LogP contribution in [0.15, 0.2) is 127 Å². The minimum absolute atomic E-state index is 0.0771. The van der Waals surface area contributed by atoms with Gasteiger partial charge in [0, 0.05) is 33.5 Å². The highest BCUT2D eigenvalue weighted by Crippen LogP contribution is 2.44. The fourth-order valence-electron chi connectivity index (χ4n) is 5.44. The van der Waals surface area contributed by atoms with E-state index in [2.05, 4.69) is 40.2 Å². The van der Waals surface area contributed by atoms with E-state index in [1.807, 2.05) is 91.0 Å². The van der Waals surface area contributed by atoms with Gasteiger partial charge >= 0.3 is 0 Å². The zero-order valence-electron chi connectivity index (χ0n) is 22.2. The summed E-state index contributed by atoms with van der Waals surface area (Å²) >= 11 is 1.50. The molecule has 42 heavy (non-hydrogen) atoms. The Labute approximate surface area is 246 Å². The lowest BCUT2D eigenvalue weighted by molar-refractivity contribution is 0.104. The van der Waals surface area contributed by atoms with E-state index in [0.29, 0.717) is 22.3 Å². The molecule has 0 amide bonds. The van der Waals surface area contributed by atoms with Gasteiger partial charge < -0.3 is 0 Å². The maximum Gasteiger partial charge on any atom is 0.194 e. The van der Waals surface area contributed by atoms with E-state index in [4.69, 9.17) is 0 Å². The number of rotatable bonds is 4. The van der Waals surface area contributed by atoms with Crippen LogP contribution in [0.2, 0.25) is 0 Å². The summed E-state index contributed by atoms with van der Waals surface area (Å²) in [6.45, 7) is 0. The molecule has 0 N–H and O–H groups in total. The molecule has 0 atom stereocenters. The maximum absolute atomic E-state index is 13.8. The smallest absolute Gasteiger partial charge is 0.194 e. The van der Waals surface area contributed by atoms with Crippen molar-refractivity contribution in [1.82, 2.24) is 4.98 Å². The van der Waals surface area contributed by atoms with Crippen molar-refractivity contribution in [1.29, 1.82) is 10.5 Å². The molecule has 0 spiro atoms. The van der Waals surface area contributed by atoms with E-state index in [0.717, 1.165) is 42.9 Å². The molecule has 1 aliphatic carbocycles. The summed E-state index contributed by atoms with van der Waals surface area (Å²) in [5.41, 5.74) is 2.74. The number of carbonyl (C=O) groups is 1. The predicted molar refractivity (Wildman–Crippen MR) is 169 cm³/mol. The lowest BCUT2D eigenvalue weighted by atomic mass is 9.97. The number of hydrogen-bond donors (Lipinski definition) is 0. The molecule has 0 aliphatic heterocycles. The number of Topliss-reactive ketones (excluding diaryl/α,β-unsaturated/α-hetero) is 1. The Bertz CT molecular complexity index is 2180. The number of thiophene rings is 1. The topological polar surface area (TPSA) is 80.8 Å². The SMILES string of the molecule is N#CC(C#N)=C1/C(=C\c2ccc(N(c3ccc4ccccc4c3)c3ccccn3)s2)C(=O)c2cc3ccccc3cc21. The lowest BCUT2D eigenvalue weighted by Gasteiger charge is -2.22. The molecule has 5 nitrogen and oxygen atoms in total. The summed E-state index contributed by atoms with van der Waals surface area (Å²) in [5, 5.41) is 24.7. The number of carbonyl (C=O) groups excluding carboxylic acids is 1. The van der Waals surface area contributed by atoms with E-state index in [1.165, 1.54) is 11.3 Å². The standard InChI is InChI=1S/C36H20N4OS/c37-21-27(22-38)35-30-18-25-9-3-4-10-26(25)19-31(30)36(41)32(35)20-29-14-15-34(42-29)40(33-11-5-6-16-39-33)28-13-12-23-7-1-2-8-24(23)17-28/h1-20H/b32-20+. The highest BCUT2D eigenvalue weighted by molar-refractivity contribution is 7.17.